The molecule has 4 nitrogen and oxygen atoms in total. The lowest BCUT2D eigenvalue weighted by Crippen LogP contribution is -2.54. The molecule has 0 bridgehead atoms. The zero-order valence-electron chi connectivity index (χ0n) is 12.8. The van der Waals surface area contributed by atoms with Crippen LogP contribution in [-0.2, 0) is 4.79 Å². The number of thioether (sulfide) groups is 1. The van der Waals surface area contributed by atoms with Crippen molar-refractivity contribution in [3.63, 3.8) is 0 Å². The minimum absolute atomic E-state index is 0.0182. The van der Waals surface area contributed by atoms with Gasteiger partial charge < -0.3 is 10.6 Å². The van der Waals surface area contributed by atoms with Crippen molar-refractivity contribution in [3.8, 4) is 0 Å². The Hall–Kier alpha value is -0.260. The lowest BCUT2D eigenvalue weighted by molar-refractivity contribution is -0.126. The van der Waals surface area contributed by atoms with E-state index in [0.717, 1.165) is 45.6 Å². The van der Waals surface area contributed by atoms with Gasteiger partial charge in [-0.15, -0.1) is 0 Å². The molecule has 0 saturated carbocycles. The van der Waals surface area contributed by atoms with Crippen LogP contribution in [0.1, 0.15) is 33.6 Å². The number of carbonyl (C=O) groups excluding carboxylic acids is 1. The number of carbonyl (C=O) groups is 1. The summed E-state index contributed by atoms with van der Waals surface area (Å²) in [4.78, 5) is 14.5. The maximum Gasteiger partial charge on any atom is 0.237 e. The normalized spacial score (nSPS) is 19.2. The van der Waals surface area contributed by atoms with E-state index in [0.29, 0.717) is 0 Å². The van der Waals surface area contributed by atoms with Gasteiger partial charge in [-0.1, -0.05) is 13.8 Å². The quantitative estimate of drug-likeness (QED) is 0.741. The van der Waals surface area contributed by atoms with Crippen molar-refractivity contribution in [2.75, 3.05) is 39.0 Å². The molecule has 0 aromatic heterocycles. The first-order valence-electron chi connectivity index (χ1n) is 7.36. The molecule has 1 aliphatic rings. The van der Waals surface area contributed by atoms with Crippen molar-refractivity contribution in [2.45, 2.75) is 44.4 Å². The van der Waals surface area contributed by atoms with Gasteiger partial charge in [0.05, 0.1) is 6.04 Å². The van der Waals surface area contributed by atoms with Crippen molar-refractivity contribution >= 4 is 17.7 Å². The van der Waals surface area contributed by atoms with Crippen LogP contribution in [-0.4, -0.2) is 60.6 Å². The summed E-state index contributed by atoms with van der Waals surface area (Å²) in [5.74, 6) is 0.169. The van der Waals surface area contributed by atoms with Gasteiger partial charge in [0, 0.05) is 37.5 Å². The van der Waals surface area contributed by atoms with Crippen LogP contribution in [0, 0.1) is 0 Å². The van der Waals surface area contributed by atoms with Gasteiger partial charge in [-0.3, -0.25) is 9.69 Å². The van der Waals surface area contributed by atoms with Crippen LogP contribution in [0.25, 0.3) is 0 Å². The highest BCUT2D eigenvalue weighted by atomic mass is 32.2. The Morgan fingerprint density at radius 2 is 1.95 bits per heavy atom. The molecular formula is C14H29N3OS. The van der Waals surface area contributed by atoms with E-state index < -0.39 is 0 Å². The summed E-state index contributed by atoms with van der Waals surface area (Å²) in [5.41, 5.74) is 0. The van der Waals surface area contributed by atoms with E-state index in [1.54, 1.807) is 0 Å². The molecule has 1 saturated heterocycles. The topological polar surface area (TPSA) is 44.4 Å². The van der Waals surface area contributed by atoms with E-state index in [2.05, 4.69) is 35.6 Å². The molecule has 0 spiro atoms. The minimum Gasteiger partial charge on any atom is -0.353 e. The number of nitrogens with one attached hydrogen (secondary N) is 2. The third-order valence-corrected chi connectivity index (χ3v) is 5.97. The van der Waals surface area contributed by atoms with Crippen molar-refractivity contribution < 1.29 is 4.79 Å². The van der Waals surface area contributed by atoms with E-state index >= 15 is 0 Å². The Kier molecular flexibility index (Phi) is 7.18. The van der Waals surface area contributed by atoms with Gasteiger partial charge in [0.25, 0.3) is 0 Å². The van der Waals surface area contributed by atoms with Crippen LogP contribution in [0.4, 0.5) is 0 Å². The molecule has 1 amide bonds. The molecule has 0 aliphatic carbocycles. The predicted molar refractivity (Wildman–Crippen MR) is 83.7 cm³/mol. The molecule has 19 heavy (non-hydrogen) atoms. The fraction of sp³-hybridized carbons (Fsp3) is 0.929. The van der Waals surface area contributed by atoms with E-state index in [1.807, 2.05) is 18.7 Å². The molecule has 1 unspecified atom stereocenters. The number of amides is 1. The summed E-state index contributed by atoms with van der Waals surface area (Å²) in [6.45, 7) is 11.1. The molecule has 0 radical (unpaired) electrons. The van der Waals surface area contributed by atoms with Crippen molar-refractivity contribution in [2.24, 2.45) is 0 Å². The van der Waals surface area contributed by atoms with Gasteiger partial charge in [0.15, 0.2) is 0 Å². The van der Waals surface area contributed by atoms with Gasteiger partial charge in [-0.2, -0.15) is 11.8 Å². The van der Waals surface area contributed by atoms with Gasteiger partial charge in [0.1, 0.15) is 0 Å². The van der Waals surface area contributed by atoms with Crippen molar-refractivity contribution in [1.29, 1.82) is 0 Å². The zero-order valence-corrected chi connectivity index (χ0v) is 13.6. The Morgan fingerprint density at radius 1 is 1.37 bits per heavy atom. The van der Waals surface area contributed by atoms with Crippen LogP contribution in [0.5, 0.6) is 0 Å². The van der Waals surface area contributed by atoms with Crippen LogP contribution < -0.4 is 10.6 Å². The SMILES string of the molecule is CCC(CC)(CNC(=O)C(C)N1CCNCC1)SC. The van der Waals surface area contributed by atoms with Gasteiger partial charge in [-0.05, 0) is 26.0 Å². The first-order chi connectivity index (χ1) is 9.08. The molecule has 1 fully saturated rings. The summed E-state index contributed by atoms with van der Waals surface area (Å²) >= 11 is 1.87. The van der Waals surface area contributed by atoms with E-state index in [1.165, 1.54) is 0 Å². The average molecular weight is 287 g/mol. The zero-order chi connectivity index (χ0) is 14.3. The number of nitrogens with zero attached hydrogens (tertiary/aromatic N) is 1. The summed E-state index contributed by atoms with van der Waals surface area (Å²) in [5, 5.41) is 6.47. The second-order valence-electron chi connectivity index (χ2n) is 5.27. The second-order valence-corrected chi connectivity index (χ2v) is 6.55. The van der Waals surface area contributed by atoms with E-state index in [4.69, 9.17) is 0 Å². The van der Waals surface area contributed by atoms with E-state index in [-0.39, 0.29) is 16.7 Å². The monoisotopic (exact) mass is 287 g/mol. The second kappa shape index (κ2) is 8.12. The molecule has 1 atom stereocenters. The number of rotatable bonds is 7. The summed E-state index contributed by atoms with van der Waals surface area (Å²) in [6, 6.07) is -0.0182. The number of hydrogen-bond acceptors (Lipinski definition) is 4. The van der Waals surface area contributed by atoms with E-state index in [9.17, 15) is 4.79 Å². The van der Waals surface area contributed by atoms with Gasteiger partial charge in [-0.25, -0.2) is 0 Å². The van der Waals surface area contributed by atoms with Gasteiger partial charge in [0.2, 0.25) is 5.91 Å². The maximum atomic E-state index is 12.3. The van der Waals surface area contributed by atoms with Crippen LogP contribution in [0.2, 0.25) is 0 Å². The molecule has 0 aromatic carbocycles. The smallest absolute Gasteiger partial charge is 0.237 e. The fourth-order valence-electron chi connectivity index (χ4n) is 2.49. The summed E-state index contributed by atoms with van der Waals surface area (Å²) < 4.78 is 0.193. The van der Waals surface area contributed by atoms with Crippen LogP contribution in [0.15, 0.2) is 0 Å². The summed E-state index contributed by atoms with van der Waals surface area (Å²) in [7, 11) is 0. The number of hydrogen-bond donors (Lipinski definition) is 2. The Morgan fingerprint density at radius 3 is 2.42 bits per heavy atom. The minimum atomic E-state index is -0.0182. The van der Waals surface area contributed by atoms with Crippen LogP contribution in [0.3, 0.4) is 0 Å². The highest BCUT2D eigenvalue weighted by Gasteiger charge is 2.28. The molecule has 1 rings (SSSR count). The highest BCUT2D eigenvalue weighted by molar-refractivity contribution is 8.00. The molecule has 1 heterocycles. The molecule has 0 aromatic rings. The van der Waals surface area contributed by atoms with Crippen molar-refractivity contribution in [1.82, 2.24) is 15.5 Å². The summed E-state index contributed by atoms with van der Waals surface area (Å²) in [6.07, 6.45) is 4.32. The lowest BCUT2D eigenvalue weighted by Gasteiger charge is -2.34. The Balaban J connectivity index is 2.45. The third kappa shape index (κ3) is 4.65. The first kappa shape index (κ1) is 16.8. The maximum absolute atomic E-state index is 12.3. The molecule has 1 aliphatic heterocycles. The first-order valence-corrected chi connectivity index (χ1v) is 8.58. The Bertz CT molecular complexity index is 268. The molecule has 5 heteroatoms. The lowest BCUT2D eigenvalue weighted by atomic mass is 10.0. The average Bonchev–Trinajstić information content (AvgIpc) is 2.49. The van der Waals surface area contributed by atoms with Crippen molar-refractivity contribution in [3.05, 3.63) is 0 Å². The van der Waals surface area contributed by atoms with Gasteiger partial charge >= 0.3 is 0 Å². The standard InChI is InChI=1S/C14H29N3OS/c1-5-14(6-2,19-4)11-16-13(18)12(3)17-9-7-15-8-10-17/h12,15H,5-11H2,1-4H3,(H,16,18). The fourth-order valence-corrected chi connectivity index (χ4v) is 3.29. The Labute approximate surface area is 122 Å². The van der Waals surface area contributed by atoms with Crippen LogP contribution >= 0.6 is 11.8 Å². The largest absolute Gasteiger partial charge is 0.353 e. The molecular weight excluding hydrogens is 258 g/mol. The molecule has 2 N–H and O–H groups in total. The molecule has 112 valence electrons. The third-order valence-electron chi connectivity index (χ3n) is 4.39. The number of piperazine rings is 1. The predicted octanol–water partition coefficient (Wildman–Crippen LogP) is 1.32. The highest BCUT2D eigenvalue weighted by Crippen LogP contribution is 2.29.